The number of sulfonamides is 1. The lowest BCUT2D eigenvalue weighted by Crippen LogP contribution is -2.28. The Labute approximate surface area is 186 Å². The molecule has 0 aliphatic carbocycles. The fourth-order valence-corrected chi connectivity index (χ4v) is 4.50. The molecule has 0 spiro atoms. The van der Waals surface area contributed by atoms with E-state index in [4.69, 9.17) is 0 Å². The molecule has 0 saturated carbocycles. The van der Waals surface area contributed by atoms with E-state index in [-0.39, 0.29) is 10.9 Å². The molecule has 3 nitrogen and oxygen atoms in total. The Morgan fingerprint density at radius 3 is 2.16 bits per heavy atom. The van der Waals surface area contributed by atoms with Crippen molar-refractivity contribution in [2.24, 2.45) is 0 Å². The number of nitrogens with one attached hydrogen (secondary N) is 1. The first-order chi connectivity index (χ1) is 14.9. The highest BCUT2D eigenvalue weighted by atomic mass is 32.2. The second kappa shape index (κ2) is 10.9. The van der Waals surface area contributed by atoms with Gasteiger partial charge in [0, 0.05) is 0 Å². The molecule has 0 radical (unpaired) electrons. The van der Waals surface area contributed by atoms with Gasteiger partial charge in [0.15, 0.2) is 0 Å². The second-order valence-corrected chi connectivity index (χ2v) is 9.41. The van der Waals surface area contributed by atoms with Crippen LogP contribution in [-0.4, -0.2) is 8.42 Å². The molecule has 3 rings (SSSR count). The number of aryl methyl sites for hydroxylation is 1. The van der Waals surface area contributed by atoms with E-state index in [0.29, 0.717) is 6.42 Å². The van der Waals surface area contributed by atoms with Gasteiger partial charge in [0.1, 0.15) is 0 Å². The standard InChI is InChI=1S/C27H29NO2S/c1-22(10-9-13-24-11-5-3-6-12-24)18-21-27(25-14-7-4-8-15-25)28-31(29,30)26-19-16-23(2)17-20-26/h3-9,11-20,27-28H,10,21H2,1-2H3/b13-9+,22-18+. The van der Waals surface area contributed by atoms with Crippen molar-refractivity contribution in [3.8, 4) is 0 Å². The SMILES string of the molecule is C/C(=C\CC(NS(=O)(=O)c1ccc(C)cc1)c1ccccc1)C/C=C/c1ccccc1. The highest BCUT2D eigenvalue weighted by Crippen LogP contribution is 2.22. The van der Waals surface area contributed by atoms with Gasteiger partial charge in [0.25, 0.3) is 0 Å². The molecular weight excluding hydrogens is 402 g/mol. The summed E-state index contributed by atoms with van der Waals surface area (Å²) in [6, 6.07) is 26.5. The third-order valence-corrected chi connectivity index (χ3v) is 6.57. The Morgan fingerprint density at radius 1 is 0.903 bits per heavy atom. The summed E-state index contributed by atoms with van der Waals surface area (Å²) in [5.74, 6) is 0. The van der Waals surface area contributed by atoms with Gasteiger partial charge in [-0.15, -0.1) is 0 Å². The Hall–Kier alpha value is -2.95. The molecule has 0 heterocycles. The molecule has 160 valence electrons. The average molecular weight is 432 g/mol. The summed E-state index contributed by atoms with van der Waals surface area (Å²) in [5, 5.41) is 0. The van der Waals surface area contributed by atoms with Crippen LogP contribution in [0.2, 0.25) is 0 Å². The van der Waals surface area contributed by atoms with Crippen molar-refractivity contribution in [2.75, 3.05) is 0 Å². The fraction of sp³-hybridized carbons (Fsp3) is 0.185. The summed E-state index contributed by atoms with van der Waals surface area (Å²) in [7, 11) is -3.62. The predicted molar refractivity (Wildman–Crippen MR) is 129 cm³/mol. The maximum Gasteiger partial charge on any atom is 0.241 e. The summed E-state index contributed by atoms with van der Waals surface area (Å²) in [6.07, 6.45) is 7.76. The quantitative estimate of drug-likeness (QED) is 0.396. The minimum Gasteiger partial charge on any atom is -0.207 e. The number of hydrogen-bond donors (Lipinski definition) is 1. The number of rotatable bonds is 9. The van der Waals surface area contributed by atoms with Gasteiger partial charge in [-0.1, -0.05) is 102 Å². The van der Waals surface area contributed by atoms with Gasteiger partial charge in [0.2, 0.25) is 10.0 Å². The van der Waals surface area contributed by atoms with Crippen molar-refractivity contribution in [1.82, 2.24) is 4.72 Å². The van der Waals surface area contributed by atoms with E-state index >= 15 is 0 Å². The first kappa shape index (κ1) is 22.7. The Balaban J connectivity index is 1.73. The zero-order valence-corrected chi connectivity index (χ0v) is 18.8. The van der Waals surface area contributed by atoms with Crippen molar-refractivity contribution >= 4 is 16.1 Å². The topological polar surface area (TPSA) is 46.2 Å². The minimum absolute atomic E-state index is 0.283. The first-order valence-corrected chi connectivity index (χ1v) is 11.9. The van der Waals surface area contributed by atoms with Crippen molar-refractivity contribution < 1.29 is 8.42 Å². The molecule has 1 N–H and O–H groups in total. The van der Waals surface area contributed by atoms with E-state index in [1.165, 1.54) is 11.1 Å². The molecule has 0 fully saturated rings. The highest BCUT2D eigenvalue weighted by molar-refractivity contribution is 7.89. The predicted octanol–water partition coefficient (Wildman–Crippen LogP) is 6.45. The molecule has 0 saturated heterocycles. The van der Waals surface area contributed by atoms with E-state index in [9.17, 15) is 8.42 Å². The Bertz CT molecular complexity index is 1120. The molecule has 1 unspecified atom stereocenters. The van der Waals surface area contributed by atoms with Crippen LogP contribution in [0.25, 0.3) is 6.08 Å². The van der Waals surface area contributed by atoms with E-state index in [1.807, 2.05) is 67.6 Å². The molecular formula is C27H29NO2S. The van der Waals surface area contributed by atoms with Crippen LogP contribution in [0.3, 0.4) is 0 Å². The van der Waals surface area contributed by atoms with Crippen LogP contribution in [0.4, 0.5) is 0 Å². The fourth-order valence-electron chi connectivity index (χ4n) is 3.26. The lowest BCUT2D eigenvalue weighted by atomic mass is 10.0. The molecule has 0 amide bonds. The van der Waals surface area contributed by atoms with Crippen molar-refractivity contribution in [1.29, 1.82) is 0 Å². The molecule has 3 aromatic rings. The van der Waals surface area contributed by atoms with Gasteiger partial charge >= 0.3 is 0 Å². The van der Waals surface area contributed by atoms with E-state index in [1.54, 1.807) is 12.1 Å². The molecule has 4 heteroatoms. The summed E-state index contributed by atoms with van der Waals surface area (Å²) in [6.45, 7) is 4.02. The Kier molecular flexibility index (Phi) is 7.99. The molecule has 3 aromatic carbocycles. The van der Waals surface area contributed by atoms with Gasteiger partial charge in [-0.2, -0.15) is 0 Å². The lowest BCUT2D eigenvalue weighted by molar-refractivity contribution is 0.557. The van der Waals surface area contributed by atoms with E-state index in [2.05, 4.69) is 42.0 Å². The maximum absolute atomic E-state index is 13.0. The van der Waals surface area contributed by atoms with E-state index < -0.39 is 10.0 Å². The average Bonchev–Trinajstić information content (AvgIpc) is 2.78. The third kappa shape index (κ3) is 7.06. The van der Waals surface area contributed by atoms with Gasteiger partial charge in [-0.05, 0) is 49.9 Å². The van der Waals surface area contributed by atoms with Crippen molar-refractivity contribution in [3.05, 3.63) is 119 Å². The van der Waals surface area contributed by atoms with Crippen LogP contribution in [0.1, 0.15) is 42.5 Å². The monoisotopic (exact) mass is 431 g/mol. The second-order valence-electron chi connectivity index (χ2n) is 7.70. The highest BCUT2D eigenvalue weighted by Gasteiger charge is 2.20. The third-order valence-electron chi connectivity index (χ3n) is 5.08. The van der Waals surface area contributed by atoms with Crippen molar-refractivity contribution in [2.45, 2.75) is 37.6 Å². The van der Waals surface area contributed by atoms with Gasteiger partial charge in [-0.25, -0.2) is 13.1 Å². The van der Waals surface area contributed by atoms with Crippen LogP contribution < -0.4 is 4.72 Å². The molecule has 0 bridgehead atoms. The van der Waals surface area contributed by atoms with Crippen molar-refractivity contribution in [3.63, 3.8) is 0 Å². The largest absolute Gasteiger partial charge is 0.241 e. The molecule has 1 atom stereocenters. The molecule has 0 aromatic heterocycles. The smallest absolute Gasteiger partial charge is 0.207 e. The summed E-state index contributed by atoms with van der Waals surface area (Å²) < 4.78 is 28.8. The zero-order valence-electron chi connectivity index (χ0n) is 18.0. The summed E-state index contributed by atoms with van der Waals surface area (Å²) in [4.78, 5) is 0.283. The normalized spacial score (nSPS) is 13.4. The number of hydrogen-bond acceptors (Lipinski definition) is 2. The Morgan fingerprint density at radius 2 is 1.52 bits per heavy atom. The van der Waals surface area contributed by atoms with E-state index in [0.717, 1.165) is 17.5 Å². The molecule has 31 heavy (non-hydrogen) atoms. The minimum atomic E-state index is -3.62. The van der Waals surface area contributed by atoms with Crippen LogP contribution >= 0.6 is 0 Å². The van der Waals surface area contributed by atoms with Crippen LogP contribution in [0, 0.1) is 6.92 Å². The van der Waals surface area contributed by atoms with Gasteiger partial charge < -0.3 is 0 Å². The van der Waals surface area contributed by atoms with Crippen LogP contribution in [-0.2, 0) is 10.0 Å². The number of benzene rings is 3. The lowest BCUT2D eigenvalue weighted by Gasteiger charge is -2.18. The zero-order chi connectivity index (χ0) is 22.1. The maximum atomic E-state index is 13.0. The van der Waals surface area contributed by atoms with Gasteiger partial charge in [-0.3, -0.25) is 0 Å². The van der Waals surface area contributed by atoms with Crippen LogP contribution in [0.5, 0.6) is 0 Å². The first-order valence-electron chi connectivity index (χ1n) is 10.5. The van der Waals surface area contributed by atoms with Crippen LogP contribution in [0.15, 0.2) is 108 Å². The van der Waals surface area contributed by atoms with Gasteiger partial charge in [0.05, 0.1) is 10.9 Å². The molecule has 0 aliphatic heterocycles. The summed E-state index contributed by atoms with van der Waals surface area (Å²) >= 11 is 0. The summed E-state index contributed by atoms with van der Waals surface area (Å²) in [5.41, 5.74) is 4.34. The molecule has 0 aliphatic rings. The number of allylic oxidation sites excluding steroid dienone is 2.